The minimum absolute atomic E-state index is 0.243. The van der Waals surface area contributed by atoms with Crippen LogP contribution < -0.4 is 5.43 Å². The average Bonchev–Trinajstić information content (AvgIpc) is 2.75. The molecular formula is C9H9N3O4S2. The molecule has 0 saturated carbocycles. The molecule has 7 nitrogen and oxygen atoms in total. The number of hydrazone groups is 1. The number of hydrogen-bond donors (Lipinski definition) is 1. The number of methoxy groups -OCH3 is 1. The number of ether oxygens (including phenoxy) is 1. The predicted molar refractivity (Wildman–Crippen MR) is 67.2 cm³/mol. The van der Waals surface area contributed by atoms with Crippen LogP contribution in [-0.4, -0.2) is 32.8 Å². The first-order chi connectivity index (χ1) is 8.40. The lowest BCUT2D eigenvalue weighted by atomic mass is 10.4. The molecule has 0 saturated heterocycles. The number of esters is 1. The van der Waals surface area contributed by atoms with E-state index in [2.05, 4.69) is 15.3 Å². The van der Waals surface area contributed by atoms with Crippen LogP contribution in [0.25, 0.3) is 0 Å². The Kier molecular flexibility index (Phi) is 4.41. The van der Waals surface area contributed by atoms with Gasteiger partial charge in [0.05, 0.1) is 12.8 Å². The van der Waals surface area contributed by atoms with Crippen molar-refractivity contribution in [2.24, 2.45) is 5.10 Å². The molecule has 0 atom stereocenters. The number of nitrogens with zero attached hydrogens (tertiary/aromatic N) is 2. The lowest BCUT2D eigenvalue weighted by Crippen LogP contribution is -2.12. The lowest BCUT2D eigenvalue weighted by molar-refractivity contribution is 0.0607. The van der Waals surface area contributed by atoms with Gasteiger partial charge in [0.1, 0.15) is 10.9 Å². The number of carbonyl (C=O) groups excluding carboxylic acids is 1. The van der Waals surface area contributed by atoms with Crippen LogP contribution in [0.3, 0.4) is 0 Å². The first kappa shape index (κ1) is 14.1. The SMILES string of the molecule is COC(=O)c1sccc1NN=C(C#N)S(C)(=O)=O. The van der Waals surface area contributed by atoms with Crippen LogP contribution in [-0.2, 0) is 14.6 Å². The summed E-state index contributed by atoms with van der Waals surface area (Å²) in [4.78, 5) is 11.6. The zero-order valence-electron chi connectivity index (χ0n) is 9.50. The highest BCUT2D eigenvalue weighted by Gasteiger charge is 2.15. The first-order valence-corrected chi connectivity index (χ1v) is 7.27. The largest absolute Gasteiger partial charge is 0.465 e. The van der Waals surface area contributed by atoms with Crippen molar-refractivity contribution < 1.29 is 17.9 Å². The number of hydrogen-bond acceptors (Lipinski definition) is 8. The number of rotatable bonds is 3. The molecule has 0 aliphatic carbocycles. The summed E-state index contributed by atoms with van der Waals surface area (Å²) >= 11 is 1.11. The summed E-state index contributed by atoms with van der Waals surface area (Å²) in [5.74, 6) is -0.569. The normalized spacial score (nSPS) is 11.7. The van der Waals surface area contributed by atoms with Crippen molar-refractivity contribution in [2.75, 3.05) is 18.8 Å². The highest BCUT2D eigenvalue weighted by molar-refractivity contribution is 8.06. The molecule has 1 rings (SSSR count). The summed E-state index contributed by atoms with van der Waals surface area (Å²) in [6, 6.07) is 2.98. The Morgan fingerprint density at radius 2 is 2.28 bits per heavy atom. The van der Waals surface area contributed by atoms with Crippen LogP contribution >= 0.6 is 11.3 Å². The second-order valence-corrected chi connectivity index (χ2v) is 5.91. The van der Waals surface area contributed by atoms with Gasteiger partial charge in [0, 0.05) is 6.26 Å². The van der Waals surface area contributed by atoms with Gasteiger partial charge in [-0.15, -0.1) is 11.3 Å². The van der Waals surface area contributed by atoms with Crippen LogP contribution in [0, 0.1) is 11.3 Å². The minimum atomic E-state index is -3.69. The molecule has 96 valence electrons. The van der Waals surface area contributed by atoms with Gasteiger partial charge in [-0.2, -0.15) is 10.4 Å². The van der Waals surface area contributed by atoms with Crippen molar-refractivity contribution in [3.8, 4) is 6.07 Å². The quantitative estimate of drug-likeness (QED) is 0.382. The minimum Gasteiger partial charge on any atom is -0.465 e. The van der Waals surface area contributed by atoms with Crippen molar-refractivity contribution >= 4 is 37.9 Å². The van der Waals surface area contributed by atoms with E-state index in [4.69, 9.17) is 5.26 Å². The highest BCUT2D eigenvalue weighted by Crippen LogP contribution is 2.23. The van der Waals surface area contributed by atoms with Gasteiger partial charge in [0.15, 0.2) is 0 Å². The van der Waals surface area contributed by atoms with Gasteiger partial charge in [0.2, 0.25) is 9.84 Å². The maximum atomic E-state index is 11.3. The maximum absolute atomic E-state index is 11.3. The summed E-state index contributed by atoms with van der Waals surface area (Å²) in [7, 11) is -2.46. The van der Waals surface area contributed by atoms with E-state index in [-0.39, 0.29) is 10.6 Å². The van der Waals surface area contributed by atoms with E-state index in [0.717, 1.165) is 17.6 Å². The van der Waals surface area contributed by atoms with E-state index < -0.39 is 20.9 Å². The standard InChI is InChI=1S/C9H9N3O4S2/c1-16-9(13)8-6(3-4-17-8)11-12-7(5-10)18(2,14)15/h3-4,11H,1-2H3. The van der Waals surface area contributed by atoms with Gasteiger partial charge in [0.25, 0.3) is 5.04 Å². The monoisotopic (exact) mass is 287 g/mol. The molecule has 0 aliphatic heterocycles. The van der Waals surface area contributed by atoms with Crippen LogP contribution in [0.15, 0.2) is 16.5 Å². The molecule has 1 heterocycles. The molecule has 9 heteroatoms. The Hall–Kier alpha value is -1.92. The Morgan fingerprint density at radius 1 is 1.61 bits per heavy atom. The molecule has 1 aromatic rings. The predicted octanol–water partition coefficient (Wildman–Crippen LogP) is 0.828. The topological polar surface area (TPSA) is 109 Å². The molecule has 0 amide bonds. The van der Waals surface area contributed by atoms with E-state index in [0.29, 0.717) is 0 Å². The van der Waals surface area contributed by atoms with Crippen molar-refractivity contribution in [3.63, 3.8) is 0 Å². The van der Waals surface area contributed by atoms with Crippen molar-refractivity contribution in [1.82, 2.24) is 0 Å². The zero-order valence-corrected chi connectivity index (χ0v) is 11.1. The van der Waals surface area contributed by atoms with Gasteiger partial charge in [-0.25, -0.2) is 13.2 Å². The number of sulfone groups is 1. The highest BCUT2D eigenvalue weighted by atomic mass is 32.2. The van der Waals surface area contributed by atoms with E-state index in [1.54, 1.807) is 5.38 Å². The van der Waals surface area contributed by atoms with Gasteiger partial charge >= 0.3 is 5.97 Å². The van der Waals surface area contributed by atoms with Crippen molar-refractivity contribution in [1.29, 1.82) is 5.26 Å². The fourth-order valence-corrected chi connectivity index (χ4v) is 2.09. The van der Waals surface area contributed by atoms with Gasteiger partial charge in [-0.3, -0.25) is 5.43 Å². The molecule has 0 bridgehead atoms. The molecule has 1 N–H and O–H groups in total. The van der Waals surface area contributed by atoms with E-state index in [9.17, 15) is 13.2 Å². The number of thiophene rings is 1. The molecule has 0 spiro atoms. The Morgan fingerprint density at radius 3 is 2.78 bits per heavy atom. The number of nitrogens with one attached hydrogen (secondary N) is 1. The summed E-state index contributed by atoms with van der Waals surface area (Å²) in [5.41, 5.74) is 2.64. The third-order valence-corrected chi connectivity index (χ3v) is 3.54. The smallest absolute Gasteiger partial charge is 0.350 e. The zero-order chi connectivity index (χ0) is 13.8. The number of carbonyl (C=O) groups is 1. The summed E-state index contributed by atoms with van der Waals surface area (Å²) < 4.78 is 26.8. The van der Waals surface area contributed by atoms with Crippen LogP contribution in [0.1, 0.15) is 9.67 Å². The fraction of sp³-hybridized carbons (Fsp3) is 0.222. The number of anilines is 1. The second-order valence-electron chi connectivity index (χ2n) is 3.07. The van der Waals surface area contributed by atoms with Gasteiger partial charge < -0.3 is 4.74 Å². The van der Waals surface area contributed by atoms with Crippen LogP contribution in [0.2, 0.25) is 0 Å². The molecule has 1 aromatic heterocycles. The summed E-state index contributed by atoms with van der Waals surface area (Å²) in [6.07, 6.45) is 0.867. The maximum Gasteiger partial charge on any atom is 0.350 e. The van der Waals surface area contributed by atoms with Gasteiger partial charge in [-0.1, -0.05) is 0 Å². The van der Waals surface area contributed by atoms with E-state index in [1.807, 2.05) is 0 Å². The number of nitriles is 1. The molecule has 0 unspecified atom stereocenters. The van der Waals surface area contributed by atoms with E-state index in [1.165, 1.54) is 19.2 Å². The molecular weight excluding hydrogens is 278 g/mol. The first-order valence-electron chi connectivity index (χ1n) is 4.49. The third kappa shape index (κ3) is 3.28. The van der Waals surface area contributed by atoms with E-state index >= 15 is 0 Å². The molecule has 0 aromatic carbocycles. The molecule has 0 aliphatic rings. The Bertz CT molecular complexity index is 624. The molecule has 0 radical (unpaired) electrons. The van der Waals surface area contributed by atoms with Crippen LogP contribution in [0.5, 0.6) is 0 Å². The summed E-state index contributed by atoms with van der Waals surface area (Å²) in [6.45, 7) is 0. The van der Waals surface area contributed by atoms with Crippen molar-refractivity contribution in [2.45, 2.75) is 0 Å². The fourth-order valence-electron chi connectivity index (χ4n) is 0.950. The lowest BCUT2D eigenvalue weighted by Gasteiger charge is -2.01. The molecule has 0 fully saturated rings. The second kappa shape index (κ2) is 5.61. The van der Waals surface area contributed by atoms with Crippen LogP contribution in [0.4, 0.5) is 5.69 Å². The Balaban J connectivity index is 3.01. The van der Waals surface area contributed by atoms with Crippen molar-refractivity contribution in [3.05, 3.63) is 16.3 Å². The average molecular weight is 287 g/mol. The van der Waals surface area contributed by atoms with Gasteiger partial charge in [-0.05, 0) is 11.4 Å². The third-order valence-electron chi connectivity index (χ3n) is 1.76. The summed E-state index contributed by atoms with van der Waals surface area (Å²) in [5, 5.41) is 13.0. The Labute approximate surface area is 108 Å². The molecule has 18 heavy (non-hydrogen) atoms.